The lowest BCUT2D eigenvalue weighted by Gasteiger charge is -2.40. The molecule has 1 aliphatic heterocycles. The van der Waals surface area contributed by atoms with Crippen LogP contribution >= 0.6 is 0 Å². The summed E-state index contributed by atoms with van der Waals surface area (Å²) in [6.45, 7) is 4.04. The van der Waals surface area contributed by atoms with E-state index in [1.54, 1.807) is 0 Å². The number of esters is 1. The van der Waals surface area contributed by atoms with Crippen LogP contribution in [0.25, 0.3) is 6.08 Å². The van der Waals surface area contributed by atoms with Crippen molar-refractivity contribution < 1.29 is 28.5 Å². The largest absolute Gasteiger partial charge is 0.463 e. The highest BCUT2D eigenvalue weighted by Gasteiger charge is 2.45. The average molecular weight is 422 g/mol. The molecule has 0 radical (unpaired) electrons. The topological polar surface area (TPSA) is 89.9 Å². The maximum absolute atomic E-state index is 13.7. The minimum atomic E-state index is -0.812. The Balaban J connectivity index is 1.52. The molecule has 7 nitrogen and oxygen atoms in total. The minimum absolute atomic E-state index is 0.373. The SMILES string of the molecule is CCCCOC(=O)/C=C/c1ncc(F)cc1NCCC1(O)CCC2(CC1)OCCO2. The van der Waals surface area contributed by atoms with Crippen molar-refractivity contribution in [2.45, 2.75) is 63.3 Å². The normalized spacial score (nSPS) is 20.0. The van der Waals surface area contributed by atoms with E-state index in [1.165, 1.54) is 18.2 Å². The van der Waals surface area contributed by atoms with Crippen LogP contribution in [0.4, 0.5) is 10.1 Å². The molecule has 2 N–H and O–H groups in total. The first-order chi connectivity index (χ1) is 14.4. The molecule has 0 amide bonds. The van der Waals surface area contributed by atoms with E-state index in [2.05, 4.69) is 10.3 Å². The van der Waals surface area contributed by atoms with Gasteiger partial charge in [-0.2, -0.15) is 0 Å². The second-order valence-corrected chi connectivity index (χ2v) is 7.95. The number of hydrogen-bond acceptors (Lipinski definition) is 7. The van der Waals surface area contributed by atoms with Crippen LogP contribution in [0.2, 0.25) is 0 Å². The zero-order valence-corrected chi connectivity index (χ0v) is 17.5. The molecule has 3 rings (SSSR count). The standard InChI is InChI=1S/C22H31FN2O5/c1-2-3-12-28-20(26)5-4-18-19(15-17(23)16-25-18)24-11-10-21(27)6-8-22(9-7-21)29-13-14-30-22/h4-5,15-16,24,27H,2-3,6-14H2,1H3/b5-4+. The van der Waals surface area contributed by atoms with Crippen LogP contribution < -0.4 is 5.32 Å². The monoisotopic (exact) mass is 422 g/mol. The highest BCUT2D eigenvalue weighted by Crippen LogP contribution is 2.41. The van der Waals surface area contributed by atoms with Crippen LogP contribution in [0.15, 0.2) is 18.3 Å². The van der Waals surface area contributed by atoms with Gasteiger partial charge in [0.05, 0.1) is 43.0 Å². The van der Waals surface area contributed by atoms with Gasteiger partial charge in [0.2, 0.25) is 0 Å². The number of aliphatic hydroxyl groups is 1. The van der Waals surface area contributed by atoms with Gasteiger partial charge in [-0.15, -0.1) is 0 Å². The fourth-order valence-corrected chi connectivity index (χ4v) is 3.80. The molecule has 0 aromatic carbocycles. The number of nitrogens with zero attached hydrogens (tertiary/aromatic N) is 1. The number of hydrogen-bond donors (Lipinski definition) is 2. The fraction of sp³-hybridized carbons (Fsp3) is 0.636. The Hall–Kier alpha value is -2.03. The summed E-state index contributed by atoms with van der Waals surface area (Å²) in [5.41, 5.74) is 0.0880. The molecule has 2 aliphatic rings. The van der Waals surface area contributed by atoms with Gasteiger partial charge in [-0.05, 0) is 31.8 Å². The van der Waals surface area contributed by atoms with E-state index in [0.29, 0.717) is 69.9 Å². The number of carbonyl (C=O) groups excluding carboxylic acids is 1. The molecule has 1 saturated carbocycles. The molecule has 8 heteroatoms. The Morgan fingerprint density at radius 1 is 1.33 bits per heavy atom. The van der Waals surface area contributed by atoms with Gasteiger partial charge < -0.3 is 24.6 Å². The van der Waals surface area contributed by atoms with E-state index < -0.39 is 23.2 Å². The van der Waals surface area contributed by atoms with Crippen LogP contribution in [-0.2, 0) is 19.0 Å². The van der Waals surface area contributed by atoms with Gasteiger partial charge in [0.15, 0.2) is 5.79 Å². The molecule has 1 aromatic rings. The Bertz CT molecular complexity index is 739. The van der Waals surface area contributed by atoms with Crippen molar-refractivity contribution in [2.75, 3.05) is 31.7 Å². The quantitative estimate of drug-likeness (QED) is 0.358. The lowest BCUT2D eigenvalue weighted by molar-refractivity contribution is -0.202. The molecule has 0 unspecified atom stereocenters. The fourth-order valence-electron chi connectivity index (χ4n) is 3.80. The second-order valence-electron chi connectivity index (χ2n) is 7.95. The molecular weight excluding hydrogens is 391 g/mol. The van der Waals surface area contributed by atoms with Crippen LogP contribution in [-0.4, -0.2) is 53.8 Å². The van der Waals surface area contributed by atoms with Crippen molar-refractivity contribution in [3.05, 3.63) is 29.9 Å². The van der Waals surface area contributed by atoms with Crippen molar-refractivity contribution in [1.82, 2.24) is 4.98 Å². The number of anilines is 1. The summed E-state index contributed by atoms with van der Waals surface area (Å²) in [7, 11) is 0. The van der Waals surface area contributed by atoms with Crippen molar-refractivity contribution in [1.29, 1.82) is 0 Å². The Morgan fingerprint density at radius 2 is 2.07 bits per heavy atom. The smallest absolute Gasteiger partial charge is 0.330 e. The lowest BCUT2D eigenvalue weighted by atomic mass is 9.79. The Labute approximate surface area is 176 Å². The average Bonchev–Trinajstić information content (AvgIpc) is 3.19. The first-order valence-electron chi connectivity index (χ1n) is 10.7. The van der Waals surface area contributed by atoms with Crippen LogP contribution in [0.1, 0.15) is 57.6 Å². The van der Waals surface area contributed by atoms with Gasteiger partial charge in [0.25, 0.3) is 0 Å². The van der Waals surface area contributed by atoms with Gasteiger partial charge in [-0.25, -0.2) is 9.18 Å². The number of aromatic nitrogens is 1. The van der Waals surface area contributed by atoms with Gasteiger partial charge in [0, 0.05) is 31.5 Å². The van der Waals surface area contributed by atoms with E-state index in [0.717, 1.165) is 19.0 Å². The lowest BCUT2D eigenvalue weighted by Crippen LogP contribution is -2.44. The second kappa shape index (κ2) is 10.3. The van der Waals surface area contributed by atoms with E-state index in [1.807, 2.05) is 6.92 Å². The molecule has 2 fully saturated rings. The van der Waals surface area contributed by atoms with E-state index in [-0.39, 0.29) is 0 Å². The third-order valence-corrected chi connectivity index (χ3v) is 5.67. The van der Waals surface area contributed by atoms with Crippen LogP contribution in [0.3, 0.4) is 0 Å². The predicted molar refractivity (Wildman–Crippen MR) is 110 cm³/mol. The summed E-state index contributed by atoms with van der Waals surface area (Å²) in [6, 6.07) is 1.33. The predicted octanol–water partition coefficient (Wildman–Crippen LogP) is 3.43. The summed E-state index contributed by atoms with van der Waals surface area (Å²) in [5, 5.41) is 14.0. The van der Waals surface area contributed by atoms with Gasteiger partial charge >= 0.3 is 5.97 Å². The van der Waals surface area contributed by atoms with E-state index in [4.69, 9.17) is 14.2 Å². The summed E-state index contributed by atoms with van der Waals surface area (Å²) < 4.78 is 30.2. The summed E-state index contributed by atoms with van der Waals surface area (Å²) in [6.07, 6.45) is 8.66. The number of pyridine rings is 1. The van der Waals surface area contributed by atoms with Gasteiger partial charge in [0.1, 0.15) is 5.82 Å². The molecule has 1 saturated heterocycles. The van der Waals surface area contributed by atoms with Crippen molar-refractivity contribution in [3.63, 3.8) is 0 Å². The summed E-state index contributed by atoms with van der Waals surface area (Å²) in [4.78, 5) is 15.8. The zero-order valence-electron chi connectivity index (χ0n) is 17.5. The molecule has 30 heavy (non-hydrogen) atoms. The molecule has 166 valence electrons. The number of carbonyl (C=O) groups is 1. The first kappa shape index (κ1) is 22.7. The third-order valence-electron chi connectivity index (χ3n) is 5.67. The molecule has 1 spiro atoms. The maximum atomic E-state index is 13.7. The van der Waals surface area contributed by atoms with Crippen LogP contribution in [0, 0.1) is 5.82 Å². The highest BCUT2D eigenvalue weighted by molar-refractivity contribution is 5.87. The van der Waals surface area contributed by atoms with Crippen LogP contribution in [0.5, 0.6) is 0 Å². The van der Waals surface area contributed by atoms with Gasteiger partial charge in [-0.3, -0.25) is 4.98 Å². The number of rotatable bonds is 9. The summed E-state index contributed by atoms with van der Waals surface area (Å²) >= 11 is 0. The number of unbranched alkanes of at least 4 members (excludes halogenated alkanes) is 1. The van der Waals surface area contributed by atoms with Crippen molar-refractivity contribution in [3.8, 4) is 0 Å². The van der Waals surface area contributed by atoms with E-state index >= 15 is 0 Å². The first-order valence-corrected chi connectivity index (χ1v) is 10.7. The van der Waals surface area contributed by atoms with Crippen molar-refractivity contribution in [2.24, 2.45) is 0 Å². The molecule has 1 aromatic heterocycles. The minimum Gasteiger partial charge on any atom is -0.463 e. The maximum Gasteiger partial charge on any atom is 0.330 e. The van der Waals surface area contributed by atoms with Gasteiger partial charge in [-0.1, -0.05) is 13.3 Å². The molecule has 0 bridgehead atoms. The molecule has 2 heterocycles. The molecular formula is C22H31FN2O5. The van der Waals surface area contributed by atoms with E-state index in [9.17, 15) is 14.3 Å². The Morgan fingerprint density at radius 3 is 2.77 bits per heavy atom. The highest BCUT2D eigenvalue weighted by atomic mass is 19.1. The summed E-state index contributed by atoms with van der Waals surface area (Å²) in [5.74, 6) is -1.45. The number of halogens is 1. The molecule has 1 aliphatic carbocycles. The number of nitrogens with one attached hydrogen (secondary N) is 1. The zero-order chi connectivity index (χ0) is 21.5. The molecule has 0 atom stereocenters. The number of ether oxygens (including phenoxy) is 3. The third kappa shape index (κ3) is 6.23. The van der Waals surface area contributed by atoms with Crippen molar-refractivity contribution >= 4 is 17.7 Å². The Kier molecular flexibility index (Phi) is 7.80.